The Labute approximate surface area is 148 Å². The van der Waals surface area contributed by atoms with Gasteiger partial charge < -0.3 is 14.2 Å². The Hall–Kier alpha value is -1.76. The summed E-state index contributed by atoms with van der Waals surface area (Å²) in [5, 5.41) is 0. The largest absolute Gasteiger partial charge is 0.496 e. The van der Waals surface area contributed by atoms with Gasteiger partial charge >= 0.3 is 5.97 Å². The summed E-state index contributed by atoms with van der Waals surface area (Å²) in [5.41, 5.74) is 2.17. The Kier molecular flexibility index (Phi) is 4.75. The Morgan fingerprint density at radius 1 is 1.26 bits per heavy atom. The maximum absolute atomic E-state index is 11.3. The molecule has 0 aliphatic carbocycles. The summed E-state index contributed by atoms with van der Waals surface area (Å²) in [4.78, 5) is 11.3. The molecule has 0 aromatic heterocycles. The molecule has 5 heteroatoms. The molecule has 0 amide bonds. The van der Waals surface area contributed by atoms with Crippen molar-refractivity contribution in [1.82, 2.24) is 0 Å². The molecule has 1 aliphatic heterocycles. The Balaban J connectivity index is 2.01. The van der Waals surface area contributed by atoms with Crippen LogP contribution in [0.5, 0.6) is 17.2 Å². The number of esters is 1. The highest BCUT2D eigenvalue weighted by atomic mass is 127. The minimum absolute atomic E-state index is 0.00509. The first-order chi connectivity index (χ1) is 11.1. The molecule has 0 fully saturated rings. The van der Waals surface area contributed by atoms with Crippen molar-refractivity contribution in [2.75, 3.05) is 7.11 Å². The van der Waals surface area contributed by atoms with Gasteiger partial charge in [0.25, 0.3) is 0 Å². The molecule has 23 heavy (non-hydrogen) atoms. The number of hydrogen-bond donors (Lipinski definition) is 0. The van der Waals surface area contributed by atoms with E-state index in [1.54, 1.807) is 13.2 Å². The number of rotatable bonds is 3. The van der Waals surface area contributed by atoms with E-state index < -0.39 is 0 Å². The molecule has 1 heterocycles. The molecule has 0 radical (unpaired) electrons. The van der Waals surface area contributed by atoms with Crippen LogP contribution in [-0.4, -0.2) is 13.1 Å². The number of methoxy groups -OCH3 is 1. The fourth-order valence-electron chi connectivity index (χ4n) is 2.78. The third-order valence-electron chi connectivity index (χ3n) is 3.81. The topological polar surface area (TPSA) is 44.8 Å². The van der Waals surface area contributed by atoms with E-state index in [0.717, 1.165) is 33.3 Å². The number of benzene rings is 2. The molecule has 2 aromatic rings. The highest BCUT2D eigenvalue weighted by Gasteiger charge is 2.28. The van der Waals surface area contributed by atoms with Gasteiger partial charge in [-0.25, -0.2) is 0 Å². The molecule has 0 saturated heterocycles. The first kappa shape index (κ1) is 16.1. The van der Waals surface area contributed by atoms with Crippen LogP contribution in [0.4, 0.5) is 0 Å². The number of fused-ring (bicyclic) bond motifs is 1. The molecular formula is C18H17IO4. The van der Waals surface area contributed by atoms with Crippen molar-refractivity contribution in [3.63, 3.8) is 0 Å². The van der Waals surface area contributed by atoms with Crippen molar-refractivity contribution in [2.24, 2.45) is 0 Å². The van der Waals surface area contributed by atoms with Gasteiger partial charge in [0, 0.05) is 18.6 Å². The lowest BCUT2D eigenvalue weighted by Crippen LogP contribution is -2.17. The molecule has 120 valence electrons. The van der Waals surface area contributed by atoms with E-state index in [-0.39, 0.29) is 12.1 Å². The van der Waals surface area contributed by atoms with Gasteiger partial charge in [0.1, 0.15) is 17.6 Å². The molecular weight excluding hydrogens is 407 g/mol. The molecule has 4 nitrogen and oxygen atoms in total. The summed E-state index contributed by atoms with van der Waals surface area (Å²) in [5.74, 6) is 1.56. The van der Waals surface area contributed by atoms with E-state index in [1.165, 1.54) is 6.92 Å². The lowest BCUT2D eigenvalue weighted by atomic mass is 9.96. The summed E-state index contributed by atoms with van der Waals surface area (Å²) in [6.45, 7) is 1.38. The van der Waals surface area contributed by atoms with Crippen molar-refractivity contribution < 1.29 is 19.0 Å². The summed E-state index contributed by atoms with van der Waals surface area (Å²) in [7, 11) is 1.61. The number of halogens is 1. The highest BCUT2D eigenvalue weighted by Crippen LogP contribution is 2.46. The second-order valence-corrected chi connectivity index (χ2v) is 6.43. The molecule has 0 N–H and O–H groups in total. The van der Waals surface area contributed by atoms with Crippen LogP contribution in [0.15, 0.2) is 36.4 Å². The number of ether oxygens (including phenoxy) is 3. The van der Waals surface area contributed by atoms with Gasteiger partial charge in [-0.05, 0) is 41.0 Å². The molecule has 1 unspecified atom stereocenters. The molecule has 0 saturated carbocycles. The van der Waals surface area contributed by atoms with Gasteiger partial charge in [-0.2, -0.15) is 0 Å². The van der Waals surface area contributed by atoms with Gasteiger partial charge in [0.2, 0.25) is 0 Å². The molecule has 0 bridgehead atoms. The van der Waals surface area contributed by atoms with Crippen LogP contribution < -0.4 is 14.2 Å². The van der Waals surface area contributed by atoms with E-state index in [2.05, 4.69) is 34.7 Å². The smallest absolute Gasteiger partial charge is 0.308 e. The van der Waals surface area contributed by atoms with Crippen LogP contribution in [0.2, 0.25) is 0 Å². The predicted octanol–water partition coefficient (Wildman–Crippen LogP) is 4.29. The first-order valence-electron chi connectivity index (χ1n) is 7.39. The van der Waals surface area contributed by atoms with Crippen LogP contribution in [0.1, 0.15) is 30.6 Å². The van der Waals surface area contributed by atoms with Crippen molar-refractivity contribution in [1.29, 1.82) is 0 Å². The summed E-state index contributed by atoms with van der Waals surface area (Å²) < 4.78 is 17.8. The lowest BCUT2D eigenvalue weighted by molar-refractivity contribution is -0.131. The van der Waals surface area contributed by atoms with E-state index in [4.69, 9.17) is 14.2 Å². The zero-order valence-corrected chi connectivity index (χ0v) is 15.1. The maximum atomic E-state index is 11.3. The molecule has 0 spiro atoms. The van der Waals surface area contributed by atoms with Gasteiger partial charge in [-0.15, -0.1) is 0 Å². The van der Waals surface area contributed by atoms with Crippen molar-refractivity contribution >= 4 is 28.6 Å². The Bertz CT molecular complexity index is 728. The second kappa shape index (κ2) is 6.78. The predicted molar refractivity (Wildman–Crippen MR) is 95.2 cm³/mol. The average molecular weight is 424 g/mol. The highest BCUT2D eigenvalue weighted by molar-refractivity contribution is 14.1. The van der Waals surface area contributed by atoms with Crippen LogP contribution in [-0.2, 0) is 11.2 Å². The van der Waals surface area contributed by atoms with E-state index in [1.807, 2.05) is 18.2 Å². The summed E-state index contributed by atoms with van der Waals surface area (Å²) in [6.07, 6.45) is 1.74. The van der Waals surface area contributed by atoms with Gasteiger partial charge in [-0.1, -0.05) is 30.3 Å². The first-order valence-corrected chi connectivity index (χ1v) is 8.47. The van der Waals surface area contributed by atoms with Crippen molar-refractivity contribution in [3.8, 4) is 17.2 Å². The van der Waals surface area contributed by atoms with E-state index >= 15 is 0 Å². The molecule has 1 aliphatic rings. The quantitative estimate of drug-likeness (QED) is 0.419. The molecule has 1 atom stereocenters. The van der Waals surface area contributed by atoms with Crippen LogP contribution in [0.25, 0.3) is 0 Å². The fourth-order valence-corrected chi connectivity index (χ4v) is 3.49. The summed E-state index contributed by atoms with van der Waals surface area (Å²) in [6, 6.07) is 11.9. The van der Waals surface area contributed by atoms with Crippen LogP contribution >= 0.6 is 22.6 Å². The van der Waals surface area contributed by atoms with E-state index in [0.29, 0.717) is 11.5 Å². The third-order valence-corrected chi connectivity index (χ3v) is 4.83. The monoisotopic (exact) mass is 424 g/mol. The number of carbonyl (C=O) groups is 1. The minimum Gasteiger partial charge on any atom is -0.496 e. The number of hydrogen-bond acceptors (Lipinski definition) is 4. The molecule has 2 aromatic carbocycles. The lowest BCUT2D eigenvalue weighted by Gasteiger charge is -2.29. The zero-order chi connectivity index (χ0) is 16.4. The number of carbonyl (C=O) groups excluding carboxylic acids is 1. The Morgan fingerprint density at radius 2 is 2.00 bits per heavy atom. The van der Waals surface area contributed by atoms with E-state index in [9.17, 15) is 4.79 Å². The fraction of sp³-hybridized carbons (Fsp3) is 0.278. The normalized spacial score (nSPS) is 16.2. The van der Waals surface area contributed by atoms with Gasteiger partial charge in [0.05, 0.1) is 10.7 Å². The average Bonchev–Trinajstić information content (AvgIpc) is 2.57. The minimum atomic E-state index is -0.361. The zero-order valence-electron chi connectivity index (χ0n) is 13.0. The van der Waals surface area contributed by atoms with Gasteiger partial charge in [-0.3, -0.25) is 4.79 Å². The molecule has 3 rings (SSSR count). The maximum Gasteiger partial charge on any atom is 0.308 e. The van der Waals surface area contributed by atoms with Crippen molar-refractivity contribution in [2.45, 2.75) is 25.9 Å². The SMILES string of the molecule is COc1cc(OC(C)=O)c(I)c2c1CCC(c1ccccc1)O2. The van der Waals surface area contributed by atoms with Crippen LogP contribution in [0.3, 0.4) is 0 Å². The standard InChI is InChI=1S/C18H17IO4/c1-11(20)22-16-10-15(21-2)13-8-9-14(23-18(13)17(16)19)12-6-4-3-5-7-12/h3-7,10,14H,8-9H2,1-2H3. The third kappa shape index (κ3) is 3.29. The van der Waals surface area contributed by atoms with Crippen LogP contribution in [0, 0.1) is 3.57 Å². The van der Waals surface area contributed by atoms with Gasteiger partial charge in [0.15, 0.2) is 5.75 Å². The summed E-state index contributed by atoms with van der Waals surface area (Å²) >= 11 is 2.16. The second-order valence-electron chi connectivity index (χ2n) is 5.35. The van der Waals surface area contributed by atoms with Crippen molar-refractivity contribution in [3.05, 3.63) is 51.1 Å². The Morgan fingerprint density at radius 3 is 2.65 bits per heavy atom.